The summed E-state index contributed by atoms with van der Waals surface area (Å²) in [6, 6.07) is 0.446. The van der Waals surface area contributed by atoms with Crippen molar-refractivity contribution in [3.05, 3.63) is 11.9 Å². The fourth-order valence-electron chi connectivity index (χ4n) is 2.51. The Hall–Kier alpha value is -0.940. The van der Waals surface area contributed by atoms with Crippen LogP contribution in [0.25, 0.3) is 0 Å². The molecule has 1 fully saturated rings. The van der Waals surface area contributed by atoms with Gasteiger partial charge in [-0.2, -0.15) is 0 Å². The van der Waals surface area contributed by atoms with Crippen LogP contribution in [-0.4, -0.2) is 40.3 Å². The van der Waals surface area contributed by atoms with E-state index in [4.69, 9.17) is 4.74 Å². The molecule has 1 aliphatic rings. The summed E-state index contributed by atoms with van der Waals surface area (Å²) in [7, 11) is 1.90. The molecule has 5 heteroatoms. The molecule has 3 atom stereocenters. The van der Waals surface area contributed by atoms with E-state index < -0.39 is 0 Å². The van der Waals surface area contributed by atoms with Gasteiger partial charge in [0.25, 0.3) is 0 Å². The van der Waals surface area contributed by atoms with E-state index >= 15 is 0 Å². The van der Waals surface area contributed by atoms with Crippen LogP contribution in [0.2, 0.25) is 0 Å². The molecule has 1 aromatic heterocycles. The summed E-state index contributed by atoms with van der Waals surface area (Å²) in [4.78, 5) is 0. The third kappa shape index (κ3) is 3.26. The summed E-state index contributed by atoms with van der Waals surface area (Å²) >= 11 is 0. The SMILES string of the molecule is CCNC(Cc1cn(C)nn1)C1COC(C)C1. The molecule has 0 aliphatic carbocycles. The van der Waals surface area contributed by atoms with Crippen LogP contribution in [-0.2, 0) is 18.2 Å². The second-order valence-corrected chi connectivity index (χ2v) is 4.89. The molecule has 2 heterocycles. The van der Waals surface area contributed by atoms with Crippen molar-refractivity contribution in [1.82, 2.24) is 20.3 Å². The molecule has 5 nitrogen and oxygen atoms in total. The maximum absolute atomic E-state index is 5.65. The van der Waals surface area contributed by atoms with Crippen molar-refractivity contribution >= 4 is 0 Å². The minimum Gasteiger partial charge on any atom is -0.378 e. The first kappa shape index (κ1) is 12.5. The lowest BCUT2D eigenvalue weighted by atomic mass is 9.93. The minimum atomic E-state index is 0.392. The zero-order chi connectivity index (χ0) is 12.3. The first-order valence-corrected chi connectivity index (χ1v) is 6.39. The van der Waals surface area contributed by atoms with Crippen LogP contribution in [0, 0.1) is 5.92 Å². The van der Waals surface area contributed by atoms with Crippen LogP contribution < -0.4 is 5.32 Å². The van der Waals surface area contributed by atoms with Gasteiger partial charge in [-0.1, -0.05) is 12.1 Å². The van der Waals surface area contributed by atoms with Gasteiger partial charge in [0.05, 0.1) is 18.4 Å². The lowest BCUT2D eigenvalue weighted by Crippen LogP contribution is -2.38. The number of hydrogen-bond acceptors (Lipinski definition) is 4. The first-order valence-electron chi connectivity index (χ1n) is 6.39. The molecule has 0 spiro atoms. The van der Waals surface area contributed by atoms with E-state index in [1.165, 1.54) is 0 Å². The van der Waals surface area contributed by atoms with Crippen molar-refractivity contribution in [2.24, 2.45) is 13.0 Å². The molecule has 0 saturated carbocycles. The zero-order valence-electron chi connectivity index (χ0n) is 10.9. The van der Waals surface area contributed by atoms with Crippen LogP contribution in [0.3, 0.4) is 0 Å². The number of hydrogen-bond donors (Lipinski definition) is 1. The Bertz CT molecular complexity index is 352. The summed E-state index contributed by atoms with van der Waals surface area (Å²) in [6.45, 7) is 6.13. The normalized spacial score (nSPS) is 26.3. The Kier molecular flexibility index (Phi) is 4.12. The molecular weight excluding hydrogens is 216 g/mol. The first-order chi connectivity index (χ1) is 8.19. The number of ether oxygens (including phenoxy) is 1. The van der Waals surface area contributed by atoms with Crippen LogP contribution in [0.1, 0.15) is 26.0 Å². The minimum absolute atomic E-state index is 0.392. The summed E-state index contributed by atoms with van der Waals surface area (Å²) < 4.78 is 7.41. The van der Waals surface area contributed by atoms with E-state index in [9.17, 15) is 0 Å². The monoisotopic (exact) mass is 238 g/mol. The van der Waals surface area contributed by atoms with Crippen molar-refractivity contribution in [3.63, 3.8) is 0 Å². The average Bonchev–Trinajstić information content (AvgIpc) is 2.87. The highest BCUT2D eigenvalue weighted by Gasteiger charge is 2.29. The number of aromatic nitrogens is 3. The number of rotatable bonds is 5. The molecule has 2 rings (SSSR count). The topological polar surface area (TPSA) is 52.0 Å². The molecule has 0 amide bonds. The van der Waals surface area contributed by atoms with E-state index in [1.807, 2.05) is 13.2 Å². The van der Waals surface area contributed by atoms with Gasteiger partial charge >= 0.3 is 0 Å². The Morgan fingerprint density at radius 1 is 1.65 bits per heavy atom. The maximum Gasteiger partial charge on any atom is 0.0842 e. The molecular formula is C12H22N4O. The number of nitrogens with one attached hydrogen (secondary N) is 1. The summed E-state index contributed by atoms with van der Waals surface area (Å²) in [5.74, 6) is 0.590. The van der Waals surface area contributed by atoms with Gasteiger partial charge < -0.3 is 10.1 Å². The highest BCUT2D eigenvalue weighted by molar-refractivity contribution is 4.98. The quantitative estimate of drug-likeness (QED) is 0.823. The van der Waals surface area contributed by atoms with Crippen molar-refractivity contribution < 1.29 is 4.74 Å². The van der Waals surface area contributed by atoms with Crippen LogP contribution in [0.4, 0.5) is 0 Å². The number of nitrogens with zero attached hydrogens (tertiary/aromatic N) is 3. The lowest BCUT2D eigenvalue weighted by Gasteiger charge is -2.22. The molecule has 96 valence electrons. The van der Waals surface area contributed by atoms with E-state index in [0.717, 1.165) is 31.7 Å². The fourth-order valence-corrected chi connectivity index (χ4v) is 2.51. The third-order valence-electron chi connectivity index (χ3n) is 3.34. The van der Waals surface area contributed by atoms with Gasteiger partial charge in [-0.3, -0.25) is 4.68 Å². The molecule has 1 N–H and O–H groups in total. The lowest BCUT2D eigenvalue weighted by molar-refractivity contribution is 0.117. The van der Waals surface area contributed by atoms with Gasteiger partial charge in [0.1, 0.15) is 0 Å². The predicted octanol–water partition coefficient (Wildman–Crippen LogP) is 0.761. The Balaban J connectivity index is 1.97. The van der Waals surface area contributed by atoms with Crippen LogP contribution in [0.5, 0.6) is 0 Å². The summed E-state index contributed by atoms with van der Waals surface area (Å²) in [5, 5.41) is 11.7. The van der Waals surface area contributed by atoms with Crippen LogP contribution >= 0.6 is 0 Å². The molecule has 0 aromatic carbocycles. The van der Waals surface area contributed by atoms with Gasteiger partial charge in [0.2, 0.25) is 0 Å². The fraction of sp³-hybridized carbons (Fsp3) is 0.833. The smallest absolute Gasteiger partial charge is 0.0842 e. The van der Waals surface area contributed by atoms with Gasteiger partial charge in [-0.15, -0.1) is 5.10 Å². The molecule has 0 radical (unpaired) electrons. The summed E-state index contributed by atoms with van der Waals surface area (Å²) in [5.41, 5.74) is 1.05. The van der Waals surface area contributed by atoms with E-state index in [2.05, 4.69) is 29.5 Å². The average molecular weight is 238 g/mol. The highest BCUT2D eigenvalue weighted by Crippen LogP contribution is 2.24. The van der Waals surface area contributed by atoms with E-state index in [1.54, 1.807) is 4.68 Å². The van der Waals surface area contributed by atoms with Gasteiger partial charge in [-0.25, -0.2) is 0 Å². The third-order valence-corrected chi connectivity index (χ3v) is 3.34. The maximum atomic E-state index is 5.65. The second-order valence-electron chi connectivity index (χ2n) is 4.89. The number of likely N-dealkylation sites (N-methyl/N-ethyl adjacent to an activating group) is 1. The van der Waals surface area contributed by atoms with Gasteiger partial charge in [-0.05, 0) is 19.9 Å². The highest BCUT2D eigenvalue weighted by atomic mass is 16.5. The molecule has 1 aliphatic heterocycles. The van der Waals surface area contributed by atoms with E-state index in [0.29, 0.717) is 18.1 Å². The van der Waals surface area contributed by atoms with Gasteiger partial charge in [0, 0.05) is 31.6 Å². The molecule has 0 bridgehead atoms. The standard InChI is InChI=1S/C12H22N4O/c1-4-13-12(10-5-9(2)17-8-10)6-11-7-16(3)15-14-11/h7,9-10,12-13H,4-6,8H2,1-3H3. The molecule has 17 heavy (non-hydrogen) atoms. The molecule has 1 saturated heterocycles. The van der Waals surface area contributed by atoms with Gasteiger partial charge in [0.15, 0.2) is 0 Å². The molecule has 1 aromatic rings. The van der Waals surface area contributed by atoms with Crippen molar-refractivity contribution in [3.8, 4) is 0 Å². The second kappa shape index (κ2) is 5.60. The van der Waals surface area contributed by atoms with Crippen molar-refractivity contribution in [2.45, 2.75) is 38.8 Å². The Morgan fingerprint density at radius 2 is 2.47 bits per heavy atom. The summed E-state index contributed by atoms with van der Waals surface area (Å²) in [6.07, 6.45) is 4.45. The van der Waals surface area contributed by atoms with E-state index in [-0.39, 0.29) is 0 Å². The largest absolute Gasteiger partial charge is 0.378 e. The van der Waals surface area contributed by atoms with Crippen molar-refractivity contribution in [2.75, 3.05) is 13.2 Å². The number of aryl methyl sites for hydroxylation is 1. The Morgan fingerprint density at radius 3 is 3.00 bits per heavy atom. The van der Waals surface area contributed by atoms with Crippen molar-refractivity contribution in [1.29, 1.82) is 0 Å². The zero-order valence-corrected chi connectivity index (χ0v) is 10.9. The van der Waals surface area contributed by atoms with Crippen LogP contribution in [0.15, 0.2) is 6.20 Å². The molecule has 3 unspecified atom stereocenters. The predicted molar refractivity (Wildman–Crippen MR) is 65.7 cm³/mol. The Labute approximate surface area is 103 Å².